The summed E-state index contributed by atoms with van der Waals surface area (Å²) in [5.74, 6) is 0.492. The third kappa shape index (κ3) is 2.47. The highest BCUT2D eigenvalue weighted by atomic mass is 16.3. The molecule has 7 nitrogen and oxygen atoms in total. The molecule has 0 bridgehead atoms. The number of guanidine groups is 1. The quantitative estimate of drug-likeness (QED) is 0.851. The standard InChI is InChI=1S/C14H18N6O/c1-10-4-2-3-5-12(10)20-13(8-16-14(20)15)11-9-19(6-7-21)18-17-11/h2-5,9,13,21H,6-8H2,1H3,(H2,15,16). The van der Waals surface area contributed by atoms with Gasteiger partial charge in [-0.3, -0.25) is 4.99 Å². The van der Waals surface area contributed by atoms with Gasteiger partial charge in [-0.25, -0.2) is 4.68 Å². The SMILES string of the molecule is Cc1ccccc1N1C(N)=NCC1c1cn(CCO)nn1. The number of nitrogens with two attached hydrogens (primary N) is 1. The van der Waals surface area contributed by atoms with Crippen molar-refractivity contribution in [2.45, 2.75) is 19.5 Å². The number of benzene rings is 1. The summed E-state index contributed by atoms with van der Waals surface area (Å²) in [5, 5.41) is 17.2. The number of hydrogen-bond donors (Lipinski definition) is 2. The fourth-order valence-electron chi connectivity index (χ4n) is 2.53. The Labute approximate surface area is 122 Å². The maximum Gasteiger partial charge on any atom is 0.196 e. The van der Waals surface area contributed by atoms with Crippen molar-refractivity contribution in [1.82, 2.24) is 15.0 Å². The van der Waals surface area contributed by atoms with E-state index in [0.717, 1.165) is 16.9 Å². The van der Waals surface area contributed by atoms with Crippen molar-refractivity contribution in [1.29, 1.82) is 0 Å². The second-order valence-corrected chi connectivity index (χ2v) is 5.00. The van der Waals surface area contributed by atoms with Crippen LogP contribution in [-0.4, -0.2) is 39.2 Å². The lowest BCUT2D eigenvalue weighted by atomic mass is 10.1. The number of aliphatic hydroxyl groups excluding tert-OH is 1. The molecule has 3 rings (SSSR count). The first-order valence-corrected chi connectivity index (χ1v) is 6.86. The number of para-hydroxylation sites is 1. The maximum absolute atomic E-state index is 8.96. The summed E-state index contributed by atoms with van der Waals surface area (Å²) in [6, 6.07) is 7.98. The zero-order valence-electron chi connectivity index (χ0n) is 11.8. The number of aromatic nitrogens is 3. The van der Waals surface area contributed by atoms with E-state index in [4.69, 9.17) is 10.8 Å². The van der Waals surface area contributed by atoms with Gasteiger partial charge >= 0.3 is 0 Å². The number of aryl methyl sites for hydroxylation is 1. The molecule has 0 radical (unpaired) electrons. The van der Waals surface area contributed by atoms with Crippen molar-refractivity contribution in [3.63, 3.8) is 0 Å². The highest BCUT2D eigenvalue weighted by Crippen LogP contribution is 2.31. The van der Waals surface area contributed by atoms with Crippen LogP contribution in [0.15, 0.2) is 35.5 Å². The number of aliphatic hydroxyl groups is 1. The molecule has 0 fully saturated rings. The Kier molecular flexibility index (Phi) is 3.57. The van der Waals surface area contributed by atoms with Crippen LogP contribution in [-0.2, 0) is 6.54 Å². The molecule has 1 aliphatic rings. The molecule has 0 amide bonds. The van der Waals surface area contributed by atoms with E-state index in [1.165, 1.54) is 0 Å². The fourth-order valence-corrected chi connectivity index (χ4v) is 2.53. The largest absolute Gasteiger partial charge is 0.394 e. The first-order chi connectivity index (χ1) is 10.2. The normalized spacial score (nSPS) is 18.1. The summed E-state index contributed by atoms with van der Waals surface area (Å²) < 4.78 is 1.62. The van der Waals surface area contributed by atoms with Gasteiger partial charge in [0.1, 0.15) is 11.7 Å². The van der Waals surface area contributed by atoms with E-state index in [1.54, 1.807) is 4.68 Å². The van der Waals surface area contributed by atoms with Crippen molar-refractivity contribution in [2.24, 2.45) is 10.7 Å². The molecule has 0 aliphatic carbocycles. The summed E-state index contributed by atoms with van der Waals surface area (Å²) in [4.78, 5) is 6.33. The molecule has 0 saturated heterocycles. The Morgan fingerprint density at radius 3 is 2.95 bits per heavy atom. The predicted octanol–water partition coefficient (Wildman–Crippen LogP) is 0.455. The van der Waals surface area contributed by atoms with E-state index in [-0.39, 0.29) is 12.6 Å². The van der Waals surface area contributed by atoms with Crippen molar-refractivity contribution in [3.8, 4) is 0 Å². The van der Waals surface area contributed by atoms with E-state index >= 15 is 0 Å². The van der Waals surface area contributed by atoms with Crippen LogP contribution in [0, 0.1) is 6.92 Å². The number of anilines is 1. The van der Waals surface area contributed by atoms with Crippen molar-refractivity contribution >= 4 is 11.6 Å². The highest BCUT2D eigenvalue weighted by Gasteiger charge is 2.31. The van der Waals surface area contributed by atoms with Crippen LogP contribution in [0.2, 0.25) is 0 Å². The Hall–Kier alpha value is -2.41. The lowest BCUT2D eigenvalue weighted by Crippen LogP contribution is -2.36. The van der Waals surface area contributed by atoms with Gasteiger partial charge < -0.3 is 15.7 Å². The Balaban J connectivity index is 1.93. The van der Waals surface area contributed by atoms with Gasteiger partial charge in [0.05, 0.1) is 25.9 Å². The molecule has 110 valence electrons. The van der Waals surface area contributed by atoms with Crippen molar-refractivity contribution in [3.05, 3.63) is 41.7 Å². The number of aliphatic imine (C=N–C) groups is 1. The minimum absolute atomic E-state index is 0.0353. The molecule has 1 unspecified atom stereocenters. The van der Waals surface area contributed by atoms with E-state index < -0.39 is 0 Å². The molecule has 2 aromatic rings. The first kappa shape index (κ1) is 13.6. The van der Waals surface area contributed by atoms with E-state index in [1.807, 2.05) is 42.3 Å². The fraction of sp³-hybridized carbons (Fsp3) is 0.357. The lowest BCUT2D eigenvalue weighted by Gasteiger charge is -2.26. The second-order valence-electron chi connectivity index (χ2n) is 5.00. The van der Waals surface area contributed by atoms with Crippen molar-refractivity contribution < 1.29 is 5.11 Å². The number of rotatable bonds is 4. The van der Waals surface area contributed by atoms with Crippen LogP contribution < -0.4 is 10.6 Å². The predicted molar refractivity (Wildman–Crippen MR) is 80.0 cm³/mol. The molecule has 1 aromatic heterocycles. The van der Waals surface area contributed by atoms with E-state index in [9.17, 15) is 0 Å². The van der Waals surface area contributed by atoms with E-state index in [0.29, 0.717) is 19.0 Å². The smallest absolute Gasteiger partial charge is 0.196 e. The van der Waals surface area contributed by atoms with Crippen LogP contribution in [0.25, 0.3) is 0 Å². The van der Waals surface area contributed by atoms with Crippen LogP contribution >= 0.6 is 0 Å². The molecule has 1 atom stereocenters. The molecular formula is C14H18N6O. The minimum atomic E-state index is -0.0569. The van der Waals surface area contributed by atoms with Gasteiger partial charge in [-0.2, -0.15) is 0 Å². The Morgan fingerprint density at radius 1 is 1.38 bits per heavy atom. The molecule has 0 saturated carbocycles. The average molecular weight is 286 g/mol. The van der Waals surface area contributed by atoms with Gasteiger partial charge in [-0.15, -0.1) is 5.10 Å². The summed E-state index contributed by atoms with van der Waals surface area (Å²) in [6.45, 7) is 3.06. The van der Waals surface area contributed by atoms with Crippen LogP contribution in [0.5, 0.6) is 0 Å². The van der Waals surface area contributed by atoms with Gasteiger partial charge in [-0.05, 0) is 18.6 Å². The topological polar surface area (TPSA) is 92.6 Å². The molecule has 21 heavy (non-hydrogen) atoms. The maximum atomic E-state index is 8.96. The summed E-state index contributed by atoms with van der Waals surface area (Å²) in [6.07, 6.45) is 1.83. The summed E-state index contributed by atoms with van der Waals surface area (Å²) in [5.41, 5.74) is 9.01. The summed E-state index contributed by atoms with van der Waals surface area (Å²) >= 11 is 0. The van der Waals surface area contributed by atoms with Gasteiger partial charge in [0, 0.05) is 5.69 Å². The minimum Gasteiger partial charge on any atom is -0.394 e. The third-order valence-corrected chi connectivity index (χ3v) is 3.59. The average Bonchev–Trinajstić information content (AvgIpc) is 3.07. The molecule has 1 aromatic carbocycles. The molecule has 0 spiro atoms. The Morgan fingerprint density at radius 2 is 2.19 bits per heavy atom. The third-order valence-electron chi connectivity index (χ3n) is 3.59. The molecule has 1 aliphatic heterocycles. The van der Waals surface area contributed by atoms with Gasteiger partial charge in [0.15, 0.2) is 5.96 Å². The van der Waals surface area contributed by atoms with Gasteiger partial charge in [-0.1, -0.05) is 23.4 Å². The lowest BCUT2D eigenvalue weighted by molar-refractivity contribution is 0.268. The van der Waals surface area contributed by atoms with Crippen LogP contribution in [0.3, 0.4) is 0 Å². The number of hydrogen-bond acceptors (Lipinski definition) is 6. The molecule has 7 heteroatoms. The monoisotopic (exact) mass is 286 g/mol. The van der Waals surface area contributed by atoms with Gasteiger partial charge in [0.2, 0.25) is 0 Å². The number of nitrogens with zero attached hydrogens (tertiary/aromatic N) is 5. The Bertz CT molecular complexity index is 665. The molecular weight excluding hydrogens is 268 g/mol. The van der Waals surface area contributed by atoms with Crippen LogP contribution in [0.4, 0.5) is 5.69 Å². The van der Waals surface area contributed by atoms with Gasteiger partial charge in [0.25, 0.3) is 0 Å². The first-order valence-electron chi connectivity index (χ1n) is 6.86. The molecule has 2 heterocycles. The van der Waals surface area contributed by atoms with E-state index in [2.05, 4.69) is 15.3 Å². The zero-order valence-corrected chi connectivity index (χ0v) is 11.8. The molecule has 3 N–H and O–H groups in total. The summed E-state index contributed by atoms with van der Waals surface area (Å²) in [7, 11) is 0. The second kappa shape index (κ2) is 5.53. The van der Waals surface area contributed by atoms with Crippen molar-refractivity contribution in [2.75, 3.05) is 18.1 Å². The highest BCUT2D eigenvalue weighted by molar-refractivity contribution is 5.97. The van der Waals surface area contributed by atoms with Crippen LogP contribution in [0.1, 0.15) is 17.3 Å². The zero-order chi connectivity index (χ0) is 14.8.